The van der Waals surface area contributed by atoms with Crippen molar-refractivity contribution in [1.82, 2.24) is 4.31 Å². The zero-order chi connectivity index (χ0) is 17.2. The van der Waals surface area contributed by atoms with Crippen LogP contribution in [0, 0.1) is 0 Å². The highest BCUT2D eigenvalue weighted by atomic mass is 32.2. The van der Waals surface area contributed by atoms with Gasteiger partial charge in [0.15, 0.2) is 9.84 Å². The molecule has 1 aliphatic heterocycles. The average Bonchev–Trinajstić information content (AvgIpc) is 2.75. The summed E-state index contributed by atoms with van der Waals surface area (Å²) in [7, 11) is -7.07. The summed E-state index contributed by atoms with van der Waals surface area (Å²) in [5.74, 6) is -0.168. The topological polar surface area (TPSA) is 71.5 Å². The van der Waals surface area contributed by atoms with E-state index >= 15 is 0 Å². The summed E-state index contributed by atoms with van der Waals surface area (Å²) in [6, 6.07) is 17.1. The molecule has 7 heteroatoms. The zero-order valence-corrected chi connectivity index (χ0v) is 14.7. The Morgan fingerprint density at radius 1 is 0.875 bits per heavy atom. The Balaban J connectivity index is 1.89. The van der Waals surface area contributed by atoms with E-state index in [0.29, 0.717) is 0 Å². The lowest BCUT2D eigenvalue weighted by atomic mass is 10.1. The highest BCUT2D eigenvalue weighted by Crippen LogP contribution is 2.31. The number of benzene rings is 2. The van der Waals surface area contributed by atoms with Crippen molar-refractivity contribution in [3.63, 3.8) is 0 Å². The first-order valence-electron chi connectivity index (χ1n) is 7.73. The van der Waals surface area contributed by atoms with Gasteiger partial charge in [-0.15, -0.1) is 0 Å². The third-order valence-electron chi connectivity index (χ3n) is 4.25. The summed E-state index contributed by atoms with van der Waals surface area (Å²) < 4.78 is 51.9. The van der Waals surface area contributed by atoms with Crippen LogP contribution < -0.4 is 0 Å². The van der Waals surface area contributed by atoms with E-state index in [2.05, 4.69) is 0 Å². The van der Waals surface area contributed by atoms with E-state index in [9.17, 15) is 16.8 Å². The first-order valence-corrected chi connectivity index (χ1v) is 10.9. The molecule has 3 rings (SSSR count). The maximum atomic E-state index is 12.7. The molecule has 5 nitrogen and oxygen atoms in total. The van der Waals surface area contributed by atoms with Crippen LogP contribution >= 0.6 is 0 Å². The summed E-state index contributed by atoms with van der Waals surface area (Å²) in [5, 5.41) is -0.658. The first-order chi connectivity index (χ1) is 11.4. The van der Waals surface area contributed by atoms with Gasteiger partial charge in [-0.2, -0.15) is 4.31 Å². The monoisotopic (exact) mass is 365 g/mol. The fourth-order valence-electron chi connectivity index (χ4n) is 2.95. The maximum absolute atomic E-state index is 12.7. The smallest absolute Gasteiger partial charge is 0.228 e. The van der Waals surface area contributed by atoms with Crippen LogP contribution in [-0.2, 0) is 19.9 Å². The largest absolute Gasteiger partial charge is 0.243 e. The number of sulfonamides is 1. The van der Waals surface area contributed by atoms with Crippen LogP contribution in [0.3, 0.4) is 0 Å². The molecule has 0 bridgehead atoms. The second-order valence-corrected chi connectivity index (χ2v) is 10.0. The second kappa shape index (κ2) is 6.66. The quantitative estimate of drug-likeness (QED) is 0.836. The molecule has 1 unspecified atom stereocenters. The summed E-state index contributed by atoms with van der Waals surface area (Å²) in [4.78, 5) is 0.195. The molecule has 1 saturated heterocycles. The van der Waals surface area contributed by atoms with Crippen LogP contribution in [0.15, 0.2) is 65.6 Å². The van der Waals surface area contributed by atoms with E-state index in [1.807, 2.05) is 6.07 Å². The number of sulfone groups is 1. The molecule has 0 aromatic heterocycles. The van der Waals surface area contributed by atoms with E-state index in [1.54, 1.807) is 42.5 Å². The number of rotatable bonds is 3. The van der Waals surface area contributed by atoms with Crippen molar-refractivity contribution >= 4 is 19.9 Å². The number of nitrogens with zero attached hydrogens (tertiary/aromatic N) is 1. The van der Waals surface area contributed by atoms with Crippen LogP contribution in [0.1, 0.15) is 17.2 Å². The number of hydrogen-bond donors (Lipinski definition) is 0. The molecule has 2 aromatic rings. The van der Waals surface area contributed by atoms with Crippen molar-refractivity contribution in [2.45, 2.75) is 16.6 Å². The van der Waals surface area contributed by atoms with Crippen LogP contribution in [-0.4, -0.2) is 40.0 Å². The second-order valence-electron chi connectivity index (χ2n) is 5.77. The Kier molecular flexibility index (Phi) is 4.76. The van der Waals surface area contributed by atoms with Crippen LogP contribution in [0.5, 0.6) is 0 Å². The molecular weight excluding hydrogens is 346 g/mol. The SMILES string of the molecule is O=S1(=O)CCN(S(=O)(=O)c2ccccc2)CCC1c1ccccc1. The molecular formula is C17H19NO4S2. The summed E-state index contributed by atoms with van der Waals surface area (Å²) in [6.45, 7) is 0.179. The lowest BCUT2D eigenvalue weighted by molar-refractivity contribution is 0.428. The summed E-state index contributed by atoms with van der Waals surface area (Å²) in [6.07, 6.45) is 0.262. The van der Waals surface area contributed by atoms with Gasteiger partial charge in [0.25, 0.3) is 0 Å². The molecule has 24 heavy (non-hydrogen) atoms. The minimum absolute atomic E-state index is 0.0110. The minimum atomic E-state index is -3.67. The van der Waals surface area contributed by atoms with E-state index in [1.165, 1.54) is 16.4 Å². The summed E-state index contributed by atoms with van der Waals surface area (Å²) >= 11 is 0. The van der Waals surface area contributed by atoms with Crippen molar-refractivity contribution in [3.05, 3.63) is 66.2 Å². The van der Waals surface area contributed by atoms with Crippen molar-refractivity contribution < 1.29 is 16.8 Å². The maximum Gasteiger partial charge on any atom is 0.243 e. The van der Waals surface area contributed by atoms with Crippen molar-refractivity contribution in [2.24, 2.45) is 0 Å². The van der Waals surface area contributed by atoms with Crippen LogP contribution in [0.4, 0.5) is 0 Å². The standard InChI is InChI=1S/C17H19NO4S2/c19-23(20)14-13-18(24(21,22)16-9-5-2-6-10-16)12-11-17(23)15-7-3-1-4-8-15/h1-10,17H,11-14H2. The molecule has 1 aliphatic rings. The van der Waals surface area contributed by atoms with Gasteiger partial charge in [0.1, 0.15) is 0 Å². The number of hydrogen-bond acceptors (Lipinski definition) is 4. The van der Waals surface area contributed by atoms with E-state index in [-0.39, 0.29) is 30.2 Å². The fraction of sp³-hybridized carbons (Fsp3) is 0.294. The molecule has 0 radical (unpaired) electrons. The van der Waals surface area contributed by atoms with Gasteiger partial charge in [-0.05, 0) is 24.1 Å². The van der Waals surface area contributed by atoms with Crippen molar-refractivity contribution in [1.29, 1.82) is 0 Å². The van der Waals surface area contributed by atoms with E-state index in [4.69, 9.17) is 0 Å². The van der Waals surface area contributed by atoms with E-state index < -0.39 is 25.1 Å². The fourth-order valence-corrected chi connectivity index (χ4v) is 6.34. The molecule has 0 amide bonds. The Labute approximate surface area is 142 Å². The van der Waals surface area contributed by atoms with E-state index in [0.717, 1.165) is 5.56 Å². The predicted octanol–water partition coefficient (Wildman–Crippen LogP) is 2.24. The Morgan fingerprint density at radius 2 is 1.46 bits per heavy atom. The minimum Gasteiger partial charge on any atom is -0.228 e. The summed E-state index contributed by atoms with van der Waals surface area (Å²) in [5.41, 5.74) is 0.719. The Morgan fingerprint density at radius 3 is 2.08 bits per heavy atom. The van der Waals surface area contributed by atoms with Gasteiger partial charge >= 0.3 is 0 Å². The molecule has 0 saturated carbocycles. The first kappa shape index (κ1) is 17.1. The molecule has 1 heterocycles. The normalized spacial score (nSPS) is 21.9. The zero-order valence-electron chi connectivity index (χ0n) is 13.1. The molecule has 128 valence electrons. The molecule has 2 aromatic carbocycles. The Bertz CT molecular complexity index is 894. The molecule has 1 fully saturated rings. The van der Waals surface area contributed by atoms with Gasteiger partial charge in [-0.1, -0.05) is 48.5 Å². The van der Waals surface area contributed by atoms with Gasteiger partial charge in [-0.3, -0.25) is 0 Å². The average molecular weight is 365 g/mol. The highest BCUT2D eigenvalue weighted by molar-refractivity contribution is 7.92. The third-order valence-corrected chi connectivity index (χ3v) is 8.29. The van der Waals surface area contributed by atoms with Gasteiger partial charge in [0.2, 0.25) is 10.0 Å². The van der Waals surface area contributed by atoms with Crippen LogP contribution in [0.2, 0.25) is 0 Å². The van der Waals surface area contributed by atoms with Crippen LogP contribution in [0.25, 0.3) is 0 Å². The Hall–Kier alpha value is -1.70. The third kappa shape index (κ3) is 3.38. The molecule has 0 spiro atoms. The predicted molar refractivity (Wildman–Crippen MR) is 92.8 cm³/mol. The van der Waals surface area contributed by atoms with Gasteiger partial charge in [0, 0.05) is 13.1 Å². The lowest BCUT2D eigenvalue weighted by Crippen LogP contribution is -2.33. The molecule has 1 atom stereocenters. The van der Waals surface area contributed by atoms with Gasteiger partial charge in [-0.25, -0.2) is 16.8 Å². The molecule has 0 N–H and O–H groups in total. The van der Waals surface area contributed by atoms with Crippen molar-refractivity contribution in [3.8, 4) is 0 Å². The van der Waals surface area contributed by atoms with Gasteiger partial charge in [0.05, 0.1) is 15.9 Å². The molecule has 0 aliphatic carbocycles. The lowest BCUT2D eigenvalue weighted by Gasteiger charge is -2.19. The highest BCUT2D eigenvalue weighted by Gasteiger charge is 2.35. The van der Waals surface area contributed by atoms with Crippen molar-refractivity contribution in [2.75, 3.05) is 18.8 Å². The van der Waals surface area contributed by atoms with Gasteiger partial charge < -0.3 is 0 Å².